The molecular weight excluding hydrogens is 214 g/mol. The van der Waals surface area contributed by atoms with Crippen molar-refractivity contribution in [3.8, 4) is 0 Å². The van der Waals surface area contributed by atoms with Crippen LogP contribution in [0.1, 0.15) is 51.4 Å². The molecule has 0 aromatic carbocycles. The highest BCUT2D eigenvalue weighted by atomic mass is 16.1. The van der Waals surface area contributed by atoms with Crippen LogP contribution in [0.25, 0.3) is 0 Å². The van der Waals surface area contributed by atoms with E-state index in [0.29, 0.717) is 12.1 Å². The van der Waals surface area contributed by atoms with Gasteiger partial charge in [-0.3, -0.25) is 19.5 Å². The number of hydrogen-bond acceptors (Lipinski definition) is 2. The Morgan fingerprint density at radius 2 is 2.06 bits per heavy atom. The van der Waals surface area contributed by atoms with Gasteiger partial charge in [-0.25, -0.2) is 0 Å². The molecule has 1 unspecified atom stereocenters. The van der Waals surface area contributed by atoms with E-state index < -0.39 is 0 Å². The maximum Gasteiger partial charge on any atom is 0.268 e. The standard InChI is InChI=1S/C13H23N3O/c1-5-10(4)16-12-6-7-15(9(2)3)8-11(12)13(17)14-16/h9-10H,5-8H2,1-4H3,(H,14,17). The average Bonchev–Trinajstić information content (AvgIpc) is 2.65. The molecule has 0 radical (unpaired) electrons. The molecule has 1 N–H and O–H groups in total. The van der Waals surface area contributed by atoms with E-state index in [1.807, 2.05) is 0 Å². The second-order valence-electron chi connectivity index (χ2n) is 5.31. The predicted octanol–water partition coefficient (Wildman–Crippen LogP) is 1.91. The molecule has 96 valence electrons. The molecule has 4 heteroatoms. The Hall–Kier alpha value is -1.03. The summed E-state index contributed by atoms with van der Waals surface area (Å²) in [5.41, 5.74) is 2.30. The van der Waals surface area contributed by atoms with Crippen molar-refractivity contribution in [2.24, 2.45) is 0 Å². The zero-order valence-electron chi connectivity index (χ0n) is 11.3. The highest BCUT2D eigenvalue weighted by Gasteiger charge is 2.25. The number of nitrogens with zero attached hydrogens (tertiary/aromatic N) is 2. The number of H-pyrrole nitrogens is 1. The van der Waals surface area contributed by atoms with Crippen LogP contribution < -0.4 is 5.56 Å². The molecule has 2 rings (SSSR count). The molecule has 0 bridgehead atoms. The first-order chi connectivity index (χ1) is 8.04. The quantitative estimate of drug-likeness (QED) is 0.872. The number of aromatic nitrogens is 2. The van der Waals surface area contributed by atoms with Crippen molar-refractivity contribution < 1.29 is 0 Å². The number of hydrogen-bond donors (Lipinski definition) is 1. The van der Waals surface area contributed by atoms with Crippen molar-refractivity contribution in [2.45, 2.75) is 59.2 Å². The minimum atomic E-state index is 0.102. The van der Waals surface area contributed by atoms with Gasteiger partial charge < -0.3 is 0 Å². The molecule has 0 aliphatic carbocycles. The third kappa shape index (κ3) is 2.18. The van der Waals surface area contributed by atoms with Crippen LogP contribution in [0.3, 0.4) is 0 Å². The first-order valence-electron chi connectivity index (χ1n) is 6.60. The molecule has 0 spiro atoms. The molecule has 0 fully saturated rings. The smallest absolute Gasteiger partial charge is 0.268 e. The minimum absolute atomic E-state index is 0.102. The molecule has 0 saturated heterocycles. The van der Waals surface area contributed by atoms with E-state index in [4.69, 9.17) is 0 Å². The van der Waals surface area contributed by atoms with Crippen LogP contribution in [-0.2, 0) is 13.0 Å². The third-order valence-corrected chi connectivity index (χ3v) is 3.89. The van der Waals surface area contributed by atoms with Gasteiger partial charge in [-0.15, -0.1) is 0 Å². The Bertz CT molecular complexity index is 444. The van der Waals surface area contributed by atoms with Gasteiger partial charge in [0.25, 0.3) is 5.56 Å². The van der Waals surface area contributed by atoms with Gasteiger partial charge in [0.2, 0.25) is 0 Å². The van der Waals surface area contributed by atoms with E-state index in [9.17, 15) is 4.79 Å². The summed E-state index contributed by atoms with van der Waals surface area (Å²) in [6.45, 7) is 10.5. The second-order valence-corrected chi connectivity index (χ2v) is 5.31. The third-order valence-electron chi connectivity index (χ3n) is 3.89. The van der Waals surface area contributed by atoms with Crippen molar-refractivity contribution in [1.82, 2.24) is 14.7 Å². The molecule has 2 heterocycles. The predicted molar refractivity (Wildman–Crippen MR) is 69.3 cm³/mol. The lowest BCUT2D eigenvalue weighted by Gasteiger charge is -2.30. The maximum absolute atomic E-state index is 12.0. The SMILES string of the molecule is CCC(C)n1[nH]c(=O)c2c1CCN(C(C)C)C2. The van der Waals surface area contributed by atoms with Crippen molar-refractivity contribution in [3.05, 3.63) is 21.6 Å². The van der Waals surface area contributed by atoms with Gasteiger partial charge in [0.05, 0.1) is 5.56 Å². The molecule has 1 aromatic rings. The average molecular weight is 237 g/mol. The first kappa shape index (κ1) is 12.4. The Morgan fingerprint density at radius 3 is 2.65 bits per heavy atom. The van der Waals surface area contributed by atoms with Crippen molar-refractivity contribution in [1.29, 1.82) is 0 Å². The minimum Gasteiger partial charge on any atom is -0.296 e. The molecule has 17 heavy (non-hydrogen) atoms. The largest absolute Gasteiger partial charge is 0.296 e. The van der Waals surface area contributed by atoms with E-state index in [-0.39, 0.29) is 5.56 Å². The molecule has 1 aliphatic rings. The summed E-state index contributed by atoms with van der Waals surface area (Å²) in [4.78, 5) is 14.3. The van der Waals surface area contributed by atoms with Crippen molar-refractivity contribution >= 4 is 0 Å². The fraction of sp³-hybridized carbons (Fsp3) is 0.769. The van der Waals surface area contributed by atoms with Gasteiger partial charge in [-0.2, -0.15) is 0 Å². The molecule has 4 nitrogen and oxygen atoms in total. The fourth-order valence-electron chi connectivity index (χ4n) is 2.49. The van der Waals surface area contributed by atoms with E-state index in [1.165, 1.54) is 5.69 Å². The summed E-state index contributed by atoms with van der Waals surface area (Å²) in [7, 11) is 0. The highest BCUT2D eigenvalue weighted by molar-refractivity contribution is 5.21. The zero-order valence-corrected chi connectivity index (χ0v) is 11.3. The van der Waals surface area contributed by atoms with Crippen LogP contribution in [0.4, 0.5) is 0 Å². The van der Waals surface area contributed by atoms with Gasteiger partial charge in [-0.1, -0.05) is 6.92 Å². The van der Waals surface area contributed by atoms with Crippen LogP contribution in [0.2, 0.25) is 0 Å². The lowest BCUT2D eigenvalue weighted by atomic mass is 10.1. The normalized spacial score (nSPS) is 18.4. The topological polar surface area (TPSA) is 41.0 Å². The van der Waals surface area contributed by atoms with Gasteiger partial charge in [-0.05, 0) is 27.2 Å². The Labute approximate surface area is 103 Å². The van der Waals surface area contributed by atoms with Crippen LogP contribution in [-0.4, -0.2) is 27.3 Å². The first-order valence-corrected chi connectivity index (χ1v) is 6.60. The fourth-order valence-corrected chi connectivity index (χ4v) is 2.49. The van der Waals surface area contributed by atoms with Crippen LogP contribution >= 0.6 is 0 Å². The van der Waals surface area contributed by atoms with E-state index in [0.717, 1.165) is 31.5 Å². The molecule has 1 aromatic heterocycles. The number of nitrogens with one attached hydrogen (secondary N) is 1. The Balaban J connectivity index is 2.34. The highest BCUT2D eigenvalue weighted by Crippen LogP contribution is 2.21. The molecule has 1 aliphatic heterocycles. The maximum atomic E-state index is 12.0. The molecule has 0 amide bonds. The summed E-state index contributed by atoms with van der Waals surface area (Å²) in [6, 6.07) is 0.895. The summed E-state index contributed by atoms with van der Waals surface area (Å²) in [6.07, 6.45) is 2.03. The van der Waals surface area contributed by atoms with Crippen LogP contribution in [0, 0.1) is 0 Å². The van der Waals surface area contributed by atoms with Crippen LogP contribution in [0.15, 0.2) is 4.79 Å². The summed E-state index contributed by atoms with van der Waals surface area (Å²) >= 11 is 0. The van der Waals surface area contributed by atoms with Gasteiger partial charge in [0, 0.05) is 37.3 Å². The van der Waals surface area contributed by atoms with Gasteiger partial charge >= 0.3 is 0 Å². The van der Waals surface area contributed by atoms with Crippen molar-refractivity contribution in [3.63, 3.8) is 0 Å². The monoisotopic (exact) mass is 237 g/mol. The number of fused-ring (bicyclic) bond motifs is 1. The summed E-state index contributed by atoms with van der Waals surface area (Å²) < 4.78 is 2.08. The van der Waals surface area contributed by atoms with Gasteiger partial charge in [0.1, 0.15) is 0 Å². The van der Waals surface area contributed by atoms with Crippen LogP contribution in [0.5, 0.6) is 0 Å². The van der Waals surface area contributed by atoms with Gasteiger partial charge in [0.15, 0.2) is 0 Å². The summed E-state index contributed by atoms with van der Waals surface area (Å²) in [5.74, 6) is 0. The Kier molecular flexibility index (Phi) is 3.43. The van der Waals surface area contributed by atoms with E-state index in [2.05, 4.69) is 42.4 Å². The lowest BCUT2D eigenvalue weighted by Crippen LogP contribution is -2.37. The van der Waals surface area contributed by atoms with E-state index >= 15 is 0 Å². The lowest BCUT2D eigenvalue weighted by molar-refractivity contribution is 0.199. The second kappa shape index (κ2) is 4.69. The molecule has 0 saturated carbocycles. The summed E-state index contributed by atoms with van der Waals surface area (Å²) in [5, 5.41) is 3.00. The molecular formula is C13H23N3O. The Morgan fingerprint density at radius 1 is 1.35 bits per heavy atom. The van der Waals surface area contributed by atoms with E-state index in [1.54, 1.807) is 0 Å². The zero-order chi connectivity index (χ0) is 12.6. The van der Waals surface area contributed by atoms with Crippen molar-refractivity contribution in [2.75, 3.05) is 6.54 Å². The number of rotatable bonds is 3. The number of aromatic amines is 1. The molecule has 1 atom stereocenters.